The Morgan fingerprint density at radius 1 is 0.972 bits per heavy atom. The van der Waals surface area contributed by atoms with Gasteiger partial charge in [-0.3, -0.25) is 0 Å². The lowest BCUT2D eigenvalue weighted by Gasteiger charge is -2.20. The molecule has 0 atom stereocenters. The number of hydrogen-bond donors (Lipinski definition) is 0. The van der Waals surface area contributed by atoms with Gasteiger partial charge in [0.05, 0.1) is 19.2 Å². The fourth-order valence-corrected chi connectivity index (χ4v) is 3.55. The normalized spacial score (nSPS) is 10.3. The fourth-order valence-electron chi connectivity index (χ4n) is 3.55. The average Bonchev–Trinajstić information content (AvgIpc) is 3.29. The van der Waals surface area contributed by atoms with Gasteiger partial charge in [0.15, 0.2) is 0 Å². The Morgan fingerprint density at radius 3 is 2.33 bits per heavy atom. The first-order valence-electron chi connectivity index (χ1n) is 11.8. The summed E-state index contributed by atoms with van der Waals surface area (Å²) < 4.78 is 16.4. The summed E-state index contributed by atoms with van der Waals surface area (Å²) in [5.41, 5.74) is 3.68. The highest BCUT2D eigenvalue weighted by Crippen LogP contribution is 2.22. The number of oxazole rings is 1. The second-order valence-electron chi connectivity index (χ2n) is 8.12. The zero-order valence-corrected chi connectivity index (χ0v) is 20.7. The van der Waals surface area contributed by atoms with Gasteiger partial charge < -0.3 is 18.8 Å². The van der Waals surface area contributed by atoms with Crippen molar-refractivity contribution in [1.82, 2.24) is 9.88 Å². The van der Waals surface area contributed by atoms with Crippen LogP contribution in [0.4, 0.5) is 4.79 Å². The van der Waals surface area contributed by atoms with Gasteiger partial charge in [0.25, 0.3) is 0 Å². The number of carbonyl (C=O) groups excluding carboxylic acids is 1. The lowest BCUT2D eigenvalue weighted by molar-refractivity contribution is 0.152. The molecule has 0 spiro atoms. The van der Waals surface area contributed by atoms with Crippen LogP contribution in [0.5, 0.6) is 11.5 Å². The van der Waals surface area contributed by atoms with Gasteiger partial charge in [-0.05, 0) is 67.9 Å². The number of carbonyl (C=O) groups is 1. The Balaban J connectivity index is 1.34. The van der Waals surface area contributed by atoms with Gasteiger partial charge in [0.1, 0.15) is 17.3 Å². The molecule has 0 radical (unpaired) electrons. The van der Waals surface area contributed by atoms with Crippen LogP contribution in [-0.2, 0) is 13.0 Å². The smallest absolute Gasteiger partial charge is 0.415 e. The van der Waals surface area contributed by atoms with Gasteiger partial charge in [0.2, 0.25) is 5.89 Å². The van der Waals surface area contributed by atoms with Crippen LogP contribution in [0.15, 0.2) is 83.3 Å². The van der Waals surface area contributed by atoms with Gasteiger partial charge in [0, 0.05) is 24.2 Å². The number of aromatic nitrogens is 1. The molecule has 3 aromatic carbocycles. The molecule has 1 aromatic heterocycles. The highest BCUT2D eigenvalue weighted by atomic mass is 16.6. The molecule has 6 heteroatoms. The standard InChI is InChI=1S/C30H28N2O4/c1-4-32(30(33)36-27-19-17-26(34-3)18-20-27)21-24-15-13-23(14-16-24)9-8-12-28-22(2)35-29(31-28)25-10-6-5-7-11-25/h5-7,10-11,13-20H,4,12,21H2,1-3H3. The molecule has 4 rings (SSSR count). The van der Waals surface area contributed by atoms with Crippen molar-refractivity contribution in [3.05, 3.63) is 101 Å². The number of nitrogens with zero attached hydrogens (tertiary/aromatic N) is 2. The van der Waals surface area contributed by atoms with Gasteiger partial charge in [-0.15, -0.1) is 0 Å². The number of amides is 1. The van der Waals surface area contributed by atoms with E-state index >= 15 is 0 Å². The van der Waals surface area contributed by atoms with E-state index in [9.17, 15) is 4.79 Å². The fraction of sp³-hybridized carbons (Fsp3) is 0.200. The molecule has 4 aromatic rings. The van der Waals surface area contributed by atoms with E-state index in [1.807, 2.05) is 68.4 Å². The summed E-state index contributed by atoms with van der Waals surface area (Å²) in [5, 5.41) is 0. The van der Waals surface area contributed by atoms with Crippen molar-refractivity contribution in [2.24, 2.45) is 0 Å². The molecule has 0 aliphatic heterocycles. The van der Waals surface area contributed by atoms with Crippen molar-refractivity contribution in [2.75, 3.05) is 13.7 Å². The van der Waals surface area contributed by atoms with E-state index in [2.05, 4.69) is 16.8 Å². The largest absolute Gasteiger partial charge is 0.497 e. The Hall–Kier alpha value is -4.50. The molecule has 0 fully saturated rings. The topological polar surface area (TPSA) is 64.8 Å². The minimum Gasteiger partial charge on any atom is -0.497 e. The van der Waals surface area contributed by atoms with E-state index in [1.54, 1.807) is 36.3 Å². The van der Waals surface area contributed by atoms with Gasteiger partial charge in [-0.2, -0.15) is 0 Å². The van der Waals surface area contributed by atoms with Crippen molar-refractivity contribution >= 4 is 6.09 Å². The van der Waals surface area contributed by atoms with E-state index in [-0.39, 0.29) is 0 Å². The highest BCUT2D eigenvalue weighted by Gasteiger charge is 2.15. The number of aryl methyl sites for hydroxylation is 1. The van der Waals surface area contributed by atoms with Crippen molar-refractivity contribution in [1.29, 1.82) is 0 Å². The zero-order valence-electron chi connectivity index (χ0n) is 20.7. The molecular weight excluding hydrogens is 452 g/mol. The monoisotopic (exact) mass is 480 g/mol. The SMILES string of the molecule is CCN(Cc1ccc(C#CCc2nc(-c3ccccc3)oc2C)cc1)C(=O)Oc1ccc(OC)cc1. The minimum atomic E-state index is -0.399. The van der Waals surface area contributed by atoms with Crippen LogP contribution in [0.2, 0.25) is 0 Å². The first-order valence-corrected chi connectivity index (χ1v) is 11.8. The van der Waals surface area contributed by atoms with E-state index < -0.39 is 6.09 Å². The molecular formula is C30H28N2O4. The predicted molar refractivity (Wildman–Crippen MR) is 139 cm³/mol. The number of ether oxygens (including phenoxy) is 2. The summed E-state index contributed by atoms with van der Waals surface area (Å²) in [5.74, 6) is 8.94. The third-order valence-electron chi connectivity index (χ3n) is 5.63. The third kappa shape index (κ3) is 6.34. The summed E-state index contributed by atoms with van der Waals surface area (Å²) in [6, 6.07) is 24.6. The number of benzene rings is 3. The van der Waals surface area contributed by atoms with Crippen LogP contribution in [0.3, 0.4) is 0 Å². The van der Waals surface area contributed by atoms with E-state index in [1.165, 1.54) is 0 Å². The molecule has 182 valence electrons. The van der Waals surface area contributed by atoms with Crippen LogP contribution in [0, 0.1) is 18.8 Å². The minimum absolute atomic E-state index is 0.399. The molecule has 0 unspecified atom stereocenters. The predicted octanol–water partition coefficient (Wildman–Crippen LogP) is 6.27. The molecule has 0 aliphatic carbocycles. The molecule has 36 heavy (non-hydrogen) atoms. The van der Waals surface area contributed by atoms with E-state index in [4.69, 9.17) is 13.9 Å². The zero-order chi connectivity index (χ0) is 25.3. The molecule has 0 bridgehead atoms. The van der Waals surface area contributed by atoms with Crippen LogP contribution < -0.4 is 9.47 Å². The molecule has 0 N–H and O–H groups in total. The highest BCUT2D eigenvalue weighted by molar-refractivity contribution is 5.70. The summed E-state index contributed by atoms with van der Waals surface area (Å²) in [7, 11) is 1.59. The summed E-state index contributed by atoms with van der Waals surface area (Å²) >= 11 is 0. The quantitative estimate of drug-likeness (QED) is 0.292. The lowest BCUT2D eigenvalue weighted by Crippen LogP contribution is -2.32. The van der Waals surface area contributed by atoms with Crippen molar-refractivity contribution in [2.45, 2.75) is 26.8 Å². The first-order chi connectivity index (χ1) is 17.6. The third-order valence-corrected chi connectivity index (χ3v) is 5.63. The second-order valence-corrected chi connectivity index (χ2v) is 8.12. The Morgan fingerprint density at radius 2 is 1.67 bits per heavy atom. The van der Waals surface area contributed by atoms with Crippen LogP contribution in [-0.4, -0.2) is 29.6 Å². The molecule has 1 amide bonds. The van der Waals surface area contributed by atoms with Gasteiger partial charge >= 0.3 is 6.09 Å². The Kier molecular flexibility index (Phi) is 8.05. The molecule has 0 aliphatic rings. The number of methoxy groups -OCH3 is 1. The van der Waals surface area contributed by atoms with Crippen molar-refractivity contribution < 1.29 is 18.7 Å². The van der Waals surface area contributed by atoms with Crippen LogP contribution in [0.1, 0.15) is 29.5 Å². The summed E-state index contributed by atoms with van der Waals surface area (Å²) in [4.78, 5) is 18.8. The van der Waals surface area contributed by atoms with E-state index in [0.29, 0.717) is 36.9 Å². The summed E-state index contributed by atoms with van der Waals surface area (Å²) in [6.45, 7) is 4.80. The van der Waals surface area contributed by atoms with Gasteiger partial charge in [-0.25, -0.2) is 9.78 Å². The van der Waals surface area contributed by atoms with Crippen molar-refractivity contribution in [3.8, 4) is 34.8 Å². The van der Waals surface area contributed by atoms with Gasteiger partial charge in [-0.1, -0.05) is 42.2 Å². The van der Waals surface area contributed by atoms with Crippen LogP contribution >= 0.6 is 0 Å². The average molecular weight is 481 g/mol. The van der Waals surface area contributed by atoms with Crippen LogP contribution in [0.25, 0.3) is 11.5 Å². The first kappa shape index (κ1) is 24.6. The Bertz CT molecular complexity index is 1350. The molecule has 0 saturated carbocycles. The maximum atomic E-state index is 12.6. The maximum absolute atomic E-state index is 12.6. The maximum Gasteiger partial charge on any atom is 0.415 e. The molecule has 6 nitrogen and oxygen atoms in total. The Labute approximate surface area is 211 Å². The van der Waals surface area contributed by atoms with Crippen molar-refractivity contribution in [3.63, 3.8) is 0 Å². The summed E-state index contributed by atoms with van der Waals surface area (Å²) in [6.07, 6.45) is 0.106. The number of hydrogen-bond acceptors (Lipinski definition) is 5. The number of rotatable bonds is 7. The second kappa shape index (κ2) is 11.8. The lowest BCUT2D eigenvalue weighted by atomic mass is 10.1. The molecule has 0 saturated heterocycles. The van der Waals surface area contributed by atoms with E-state index in [0.717, 1.165) is 28.1 Å². The molecule has 1 heterocycles.